The molecule has 0 atom stereocenters. The number of carbonyl (C=O) groups is 1. The number of methoxy groups -OCH3 is 1. The predicted octanol–water partition coefficient (Wildman–Crippen LogP) is 1.29. The van der Waals surface area contributed by atoms with Gasteiger partial charge in [-0.15, -0.1) is 0 Å². The van der Waals surface area contributed by atoms with Crippen LogP contribution in [0.25, 0.3) is 0 Å². The van der Waals surface area contributed by atoms with Crippen molar-refractivity contribution in [2.24, 2.45) is 0 Å². The summed E-state index contributed by atoms with van der Waals surface area (Å²) in [6.07, 6.45) is 0. The quantitative estimate of drug-likeness (QED) is 0.739. The summed E-state index contributed by atoms with van der Waals surface area (Å²) >= 11 is 0. The summed E-state index contributed by atoms with van der Waals surface area (Å²) in [4.78, 5) is 16.0. The van der Waals surface area contributed by atoms with E-state index < -0.39 is 0 Å². The summed E-state index contributed by atoms with van der Waals surface area (Å²) in [6, 6.07) is 5.28. The van der Waals surface area contributed by atoms with E-state index in [9.17, 15) is 4.79 Å². The minimum atomic E-state index is -0.274. The maximum atomic E-state index is 11.4. The molecule has 0 bridgehead atoms. The highest BCUT2D eigenvalue weighted by Gasteiger charge is 2.10. The van der Waals surface area contributed by atoms with Crippen molar-refractivity contribution in [2.75, 3.05) is 14.2 Å². The van der Waals surface area contributed by atoms with Gasteiger partial charge in [0.15, 0.2) is 0 Å². The van der Waals surface area contributed by atoms with Gasteiger partial charge in [-0.1, -0.05) is 6.07 Å². The van der Waals surface area contributed by atoms with E-state index in [-0.39, 0.29) is 5.91 Å². The van der Waals surface area contributed by atoms with Crippen LogP contribution >= 0.6 is 0 Å². The molecule has 1 rings (SSSR count). The summed E-state index contributed by atoms with van der Waals surface area (Å²) in [5.74, 6) is 0.414. The third-order valence-electron chi connectivity index (χ3n) is 1.94. The molecule has 1 aromatic carbocycles. The van der Waals surface area contributed by atoms with Gasteiger partial charge in [-0.05, 0) is 19.1 Å². The second kappa shape index (κ2) is 4.62. The summed E-state index contributed by atoms with van der Waals surface area (Å²) in [7, 11) is 2.97. The maximum Gasteiger partial charge on any atom is 0.275 e. The SMILES string of the molecule is CONC(=O)c1cccc(OC)c1C. The van der Waals surface area contributed by atoms with Crippen molar-refractivity contribution in [3.8, 4) is 5.75 Å². The van der Waals surface area contributed by atoms with E-state index in [4.69, 9.17) is 4.74 Å². The van der Waals surface area contributed by atoms with Crippen LogP contribution in [0.4, 0.5) is 0 Å². The Morgan fingerprint density at radius 1 is 1.36 bits per heavy atom. The average Bonchev–Trinajstić information content (AvgIpc) is 2.18. The van der Waals surface area contributed by atoms with Crippen LogP contribution in [0.3, 0.4) is 0 Å². The molecule has 0 aliphatic heterocycles. The zero-order valence-corrected chi connectivity index (χ0v) is 8.46. The molecule has 0 saturated carbocycles. The van der Waals surface area contributed by atoms with Gasteiger partial charge in [-0.2, -0.15) is 0 Å². The van der Waals surface area contributed by atoms with E-state index in [1.807, 2.05) is 6.92 Å². The van der Waals surface area contributed by atoms with Crippen LogP contribution in [0, 0.1) is 6.92 Å². The molecule has 1 N–H and O–H groups in total. The monoisotopic (exact) mass is 195 g/mol. The first-order valence-electron chi connectivity index (χ1n) is 4.17. The second-order valence-corrected chi connectivity index (χ2v) is 2.77. The van der Waals surface area contributed by atoms with Gasteiger partial charge in [0.2, 0.25) is 0 Å². The lowest BCUT2D eigenvalue weighted by molar-refractivity contribution is 0.0536. The molecule has 0 radical (unpaired) electrons. The van der Waals surface area contributed by atoms with Crippen molar-refractivity contribution in [2.45, 2.75) is 6.92 Å². The largest absolute Gasteiger partial charge is 0.496 e. The van der Waals surface area contributed by atoms with E-state index in [0.717, 1.165) is 5.56 Å². The molecule has 0 aliphatic carbocycles. The van der Waals surface area contributed by atoms with E-state index in [1.54, 1.807) is 25.3 Å². The number of ether oxygens (including phenoxy) is 1. The van der Waals surface area contributed by atoms with Crippen molar-refractivity contribution < 1.29 is 14.4 Å². The topological polar surface area (TPSA) is 47.6 Å². The number of hydroxylamine groups is 1. The normalized spacial score (nSPS) is 9.64. The molecule has 76 valence electrons. The summed E-state index contributed by atoms with van der Waals surface area (Å²) < 4.78 is 5.09. The molecular weight excluding hydrogens is 182 g/mol. The Hall–Kier alpha value is -1.55. The lowest BCUT2D eigenvalue weighted by Crippen LogP contribution is -2.22. The molecule has 0 saturated heterocycles. The number of amides is 1. The Labute approximate surface area is 82.8 Å². The lowest BCUT2D eigenvalue weighted by atomic mass is 10.1. The minimum absolute atomic E-state index is 0.274. The third-order valence-corrected chi connectivity index (χ3v) is 1.94. The van der Waals surface area contributed by atoms with Crippen LogP contribution in [0.15, 0.2) is 18.2 Å². The summed E-state index contributed by atoms with van der Waals surface area (Å²) in [5, 5.41) is 0. The number of carbonyl (C=O) groups excluding carboxylic acids is 1. The third kappa shape index (κ3) is 2.03. The van der Waals surface area contributed by atoms with Gasteiger partial charge in [0.05, 0.1) is 14.2 Å². The Morgan fingerprint density at radius 2 is 2.07 bits per heavy atom. The molecule has 14 heavy (non-hydrogen) atoms. The fraction of sp³-hybridized carbons (Fsp3) is 0.300. The van der Waals surface area contributed by atoms with Gasteiger partial charge in [-0.3, -0.25) is 9.63 Å². The zero-order valence-electron chi connectivity index (χ0n) is 8.46. The Kier molecular flexibility index (Phi) is 3.48. The molecule has 4 nitrogen and oxygen atoms in total. The zero-order chi connectivity index (χ0) is 10.6. The van der Waals surface area contributed by atoms with Gasteiger partial charge in [0.1, 0.15) is 5.75 Å². The van der Waals surface area contributed by atoms with Crippen molar-refractivity contribution in [1.82, 2.24) is 5.48 Å². The molecule has 0 spiro atoms. The van der Waals surface area contributed by atoms with Crippen LogP contribution in [-0.2, 0) is 4.84 Å². The fourth-order valence-electron chi connectivity index (χ4n) is 1.23. The number of hydrogen-bond donors (Lipinski definition) is 1. The number of benzene rings is 1. The molecular formula is C10H13NO3. The van der Waals surface area contributed by atoms with Gasteiger partial charge < -0.3 is 4.74 Å². The Morgan fingerprint density at radius 3 is 2.64 bits per heavy atom. The van der Waals surface area contributed by atoms with Crippen LogP contribution in [0.5, 0.6) is 5.75 Å². The van der Waals surface area contributed by atoms with E-state index in [0.29, 0.717) is 11.3 Å². The highest BCUT2D eigenvalue weighted by atomic mass is 16.6. The highest BCUT2D eigenvalue weighted by Crippen LogP contribution is 2.20. The van der Waals surface area contributed by atoms with Crippen LogP contribution < -0.4 is 10.2 Å². The molecule has 0 heterocycles. The number of hydrogen-bond acceptors (Lipinski definition) is 3. The standard InChI is InChI=1S/C10H13NO3/c1-7-8(10(12)11-14-3)5-4-6-9(7)13-2/h4-6H,1-3H3,(H,11,12). The van der Waals surface area contributed by atoms with Crippen LogP contribution in [-0.4, -0.2) is 20.1 Å². The highest BCUT2D eigenvalue weighted by molar-refractivity contribution is 5.95. The molecule has 0 aromatic heterocycles. The lowest BCUT2D eigenvalue weighted by Gasteiger charge is -2.09. The van der Waals surface area contributed by atoms with Gasteiger partial charge in [0, 0.05) is 11.1 Å². The van der Waals surface area contributed by atoms with Gasteiger partial charge in [-0.25, -0.2) is 5.48 Å². The first-order valence-corrected chi connectivity index (χ1v) is 4.17. The first kappa shape index (κ1) is 10.5. The smallest absolute Gasteiger partial charge is 0.275 e. The first-order chi connectivity index (χ1) is 6.70. The van der Waals surface area contributed by atoms with Crippen molar-refractivity contribution in [3.05, 3.63) is 29.3 Å². The molecule has 0 fully saturated rings. The summed E-state index contributed by atoms with van der Waals surface area (Å²) in [5.41, 5.74) is 3.60. The predicted molar refractivity (Wildman–Crippen MR) is 52.2 cm³/mol. The minimum Gasteiger partial charge on any atom is -0.496 e. The van der Waals surface area contributed by atoms with Gasteiger partial charge >= 0.3 is 0 Å². The molecule has 1 amide bonds. The maximum absolute atomic E-state index is 11.4. The van der Waals surface area contributed by atoms with Crippen molar-refractivity contribution in [1.29, 1.82) is 0 Å². The van der Waals surface area contributed by atoms with Crippen LogP contribution in [0.2, 0.25) is 0 Å². The van der Waals surface area contributed by atoms with Crippen LogP contribution in [0.1, 0.15) is 15.9 Å². The second-order valence-electron chi connectivity index (χ2n) is 2.77. The van der Waals surface area contributed by atoms with E-state index in [2.05, 4.69) is 10.3 Å². The van der Waals surface area contributed by atoms with Gasteiger partial charge in [0.25, 0.3) is 5.91 Å². The van der Waals surface area contributed by atoms with E-state index >= 15 is 0 Å². The Balaban J connectivity index is 3.03. The fourth-order valence-corrected chi connectivity index (χ4v) is 1.23. The molecule has 0 unspecified atom stereocenters. The molecule has 0 aliphatic rings. The van der Waals surface area contributed by atoms with Crippen molar-refractivity contribution >= 4 is 5.91 Å². The molecule has 4 heteroatoms. The Bertz CT molecular complexity index is 336. The number of nitrogens with one attached hydrogen (secondary N) is 1. The average molecular weight is 195 g/mol. The van der Waals surface area contributed by atoms with E-state index in [1.165, 1.54) is 7.11 Å². The summed E-state index contributed by atoms with van der Waals surface area (Å²) in [6.45, 7) is 1.82. The number of rotatable bonds is 3. The molecule has 1 aromatic rings. The van der Waals surface area contributed by atoms with Crippen molar-refractivity contribution in [3.63, 3.8) is 0 Å².